The highest BCUT2D eigenvalue weighted by Crippen LogP contribution is 2.26. The van der Waals surface area contributed by atoms with Gasteiger partial charge in [-0.2, -0.15) is 0 Å². The molecule has 0 aliphatic carbocycles. The predicted octanol–water partition coefficient (Wildman–Crippen LogP) is 4.20. The second-order valence-electron chi connectivity index (χ2n) is 2.77. The van der Waals surface area contributed by atoms with Crippen LogP contribution in [0.3, 0.4) is 0 Å². The van der Waals surface area contributed by atoms with Gasteiger partial charge in [-0.25, -0.2) is 4.98 Å². The van der Waals surface area contributed by atoms with E-state index in [0.29, 0.717) is 5.88 Å². The van der Waals surface area contributed by atoms with Crippen LogP contribution in [0.2, 0.25) is 5.02 Å². The Kier molecular flexibility index (Phi) is 3.06. The molecule has 0 atom stereocenters. The summed E-state index contributed by atoms with van der Waals surface area (Å²) in [4.78, 5) is 5.36. The molecule has 1 aromatic heterocycles. The molecule has 0 aliphatic heterocycles. The number of alkyl halides is 1. The molecular weight excluding hydrogens is 237 g/mol. The molecule has 14 heavy (non-hydrogen) atoms. The van der Waals surface area contributed by atoms with Crippen molar-refractivity contribution in [3.8, 4) is 10.6 Å². The van der Waals surface area contributed by atoms with Crippen LogP contribution in [0.25, 0.3) is 10.6 Å². The zero-order valence-corrected chi connectivity index (χ0v) is 9.53. The van der Waals surface area contributed by atoms with Gasteiger partial charge in [0, 0.05) is 21.7 Å². The summed E-state index contributed by atoms with van der Waals surface area (Å²) in [6.07, 6.45) is 1.81. The minimum Gasteiger partial charge on any atom is -0.244 e. The van der Waals surface area contributed by atoms with Crippen LogP contribution < -0.4 is 0 Å². The van der Waals surface area contributed by atoms with Crippen LogP contribution in [0.1, 0.15) is 4.88 Å². The third-order valence-electron chi connectivity index (χ3n) is 1.78. The lowest BCUT2D eigenvalue weighted by Crippen LogP contribution is -1.73. The Morgan fingerprint density at radius 2 is 1.93 bits per heavy atom. The second kappa shape index (κ2) is 4.30. The normalized spacial score (nSPS) is 10.4. The fourth-order valence-electron chi connectivity index (χ4n) is 1.10. The number of rotatable bonds is 2. The molecule has 1 aromatic carbocycles. The van der Waals surface area contributed by atoms with Gasteiger partial charge in [0.2, 0.25) is 0 Å². The van der Waals surface area contributed by atoms with Crippen molar-refractivity contribution >= 4 is 34.5 Å². The van der Waals surface area contributed by atoms with Crippen molar-refractivity contribution in [1.82, 2.24) is 4.98 Å². The number of hydrogen-bond donors (Lipinski definition) is 0. The maximum atomic E-state index is 5.79. The van der Waals surface area contributed by atoms with E-state index in [-0.39, 0.29) is 0 Å². The third kappa shape index (κ3) is 2.08. The summed E-state index contributed by atoms with van der Waals surface area (Å²) in [6, 6.07) is 7.63. The molecule has 0 fully saturated rings. The Balaban J connectivity index is 2.34. The summed E-state index contributed by atoms with van der Waals surface area (Å²) in [6.45, 7) is 0. The van der Waals surface area contributed by atoms with Crippen LogP contribution in [0.5, 0.6) is 0 Å². The summed E-state index contributed by atoms with van der Waals surface area (Å²) >= 11 is 13.1. The van der Waals surface area contributed by atoms with E-state index in [1.54, 1.807) is 11.3 Å². The Bertz CT molecular complexity index is 422. The molecule has 0 saturated heterocycles. The summed E-state index contributed by atoms with van der Waals surface area (Å²) in [7, 11) is 0. The van der Waals surface area contributed by atoms with Gasteiger partial charge >= 0.3 is 0 Å². The van der Waals surface area contributed by atoms with E-state index in [1.807, 2.05) is 30.5 Å². The van der Waals surface area contributed by atoms with Crippen LogP contribution in [-0.2, 0) is 5.88 Å². The van der Waals surface area contributed by atoms with Crippen molar-refractivity contribution in [2.45, 2.75) is 5.88 Å². The maximum absolute atomic E-state index is 5.79. The summed E-state index contributed by atoms with van der Waals surface area (Å²) in [5, 5.41) is 1.72. The van der Waals surface area contributed by atoms with Crippen molar-refractivity contribution in [3.63, 3.8) is 0 Å². The molecule has 2 rings (SSSR count). The lowest BCUT2D eigenvalue weighted by molar-refractivity contribution is 1.36. The molecule has 0 unspecified atom stereocenters. The highest BCUT2D eigenvalue weighted by Gasteiger charge is 2.03. The molecule has 0 N–H and O–H groups in total. The first-order valence-electron chi connectivity index (χ1n) is 4.06. The number of benzene rings is 1. The summed E-state index contributed by atoms with van der Waals surface area (Å²) in [5.41, 5.74) is 1.08. The quantitative estimate of drug-likeness (QED) is 0.721. The second-order valence-corrected chi connectivity index (χ2v) is 4.59. The van der Waals surface area contributed by atoms with Gasteiger partial charge < -0.3 is 0 Å². The van der Waals surface area contributed by atoms with Crippen LogP contribution in [0.15, 0.2) is 30.5 Å². The van der Waals surface area contributed by atoms with Crippen LogP contribution in [0, 0.1) is 0 Å². The molecule has 0 spiro atoms. The molecule has 0 saturated carbocycles. The summed E-state index contributed by atoms with van der Waals surface area (Å²) in [5.74, 6) is 0.519. The van der Waals surface area contributed by atoms with Gasteiger partial charge in [-0.1, -0.05) is 23.7 Å². The number of halogens is 2. The maximum Gasteiger partial charge on any atom is 0.123 e. The molecule has 0 bridgehead atoms. The monoisotopic (exact) mass is 243 g/mol. The molecule has 2 aromatic rings. The van der Waals surface area contributed by atoms with Gasteiger partial charge in [0.15, 0.2) is 0 Å². The Labute approximate surface area is 96.3 Å². The molecule has 72 valence electrons. The number of thiazole rings is 1. The molecule has 4 heteroatoms. The molecule has 1 heterocycles. The molecule has 0 radical (unpaired) electrons. The Morgan fingerprint density at radius 3 is 2.50 bits per heavy atom. The van der Waals surface area contributed by atoms with Crippen molar-refractivity contribution in [2.75, 3.05) is 0 Å². The highest BCUT2D eigenvalue weighted by atomic mass is 35.5. The van der Waals surface area contributed by atoms with E-state index in [1.165, 1.54) is 0 Å². The SMILES string of the molecule is ClCc1cnc(-c2ccc(Cl)cc2)s1. The van der Waals surface area contributed by atoms with Gasteiger partial charge in [-0.3, -0.25) is 0 Å². The van der Waals surface area contributed by atoms with Crippen molar-refractivity contribution in [3.05, 3.63) is 40.4 Å². The van der Waals surface area contributed by atoms with Crippen molar-refractivity contribution < 1.29 is 0 Å². The lowest BCUT2D eigenvalue weighted by atomic mass is 10.2. The molecular formula is C10H7Cl2NS. The first kappa shape index (κ1) is 9.97. The van der Waals surface area contributed by atoms with Gasteiger partial charge in [-0.15, -0.1) is 22.9 Å². The predicted molar refractivity (Wildman–Crippen MR) is 62.1 cm³/mol. The van der Waals surface area contributed by atoms with Crippen molar-refractivity contribution in [2.24, 2.45) is 0 Å². The Hall–Kier alpha value is -0.570. The van der Waals surface area contributed by atoms with Crippen LogP contribution in [0.4, 0.5) is 0 Å². The number of nitrogens with zero attached hydrogens (tertiary/aromatic N) is 1. The zero-order valence-electron chi connectivity index (χ0n) is 7.21. The first-order chi connectivity index (χ1) is 6.79. The molecule has 0 aliphatic rings. The fraction of sp³-hybridized carbons (Fsp3) is 0.100. The highest BCUT2D eigenvalue weighted by molar-refractivity contribution is 7.15. The van der Waals surface area contributed by atoms with E-state index in [2.05, 4.69) is 4.98 Å². The molecule has 1 nitrogen and oxygen atoms in total. The minimum atomic E-state index is 0.519. The first-order valence-corrected chi connectivity index (χ1v) is 5.79. The van der Waals surface area contributed by atoms with Gasteiger partial charge in [0.05, 0.1) is 5.88 Å². The zero-order chi connectivity index (χ0) is 9.97. The third-order valence-corrected chi connectivity index (χ3v) is 3.52. The van der Waals surface area contributed by atoms with Gasteiger partial charge in [-0.05, 0) is 12.1 Å². The number of aromatic nitrogens is 1. The summed E-state index contributed by atoms with van der Waals surface area (Å²) < 4.78 is 0. The standard InChI is InChI=1S/C10H7Cl2NS/c11-5-9-6-13-10(14-9)7-1-3-8(12)4-2-7/h1-4,6H,5H2. The van der Waals surface area contributed by atoms with Crippen molar-refractivity contribution in [1.29, 1.82) is 0 Å². The number of hydrogen-bond acceptors (Lipinski definition) is 2. The fourth-order valence-corrected chi connectivity index (χ4v) is 2.22. The van der Waals surface area contributed by atoms with Gasteiger partial charge in [0.25, 0.3) is 0 Å². The largest absolute Gasteiger partial charge is 0.244 e. The van der Waals surface area contributed by atoms with E-state index < -0.39 is 0 Å². The van der Waals surface area contributed by atoms with E-state index >= 15 is 0 Å². The lowest BCUT2D eigenvalue weighted by Gasteiger charge is -1.94. The van der Waals surface area contributed by atoms with Gasteiger partial charge in [0.1, 0.15) is 5.01 Å². The van der Waals surface area contributed by atoms with Crippen LogP contribution >= 0.6 is 34.5 Å². The van der Waals surface area contributed by atoms with E-state index in [4.69, 9.17) is 23.2 Å². The smallest absolute Gasteiger partial charge is 0.123 e. The Morgan fingerprint density at radius 1 is 1.21 bits per heavy atom. The van der Waals surface area contributed by atoms with Crippen LogP contribution in [-0.4, -0.2) is 4.98 Å². The molecule has 0 amide bonds. The average molecular weight is 244 g/mol. The van der Waals surface area contributed by atoms with E-state index in [9.17, 15) is 0 Å². The topological polar surface area (TPSA) is 12.9 Å². The average Bonchev–Trinajstić information content (AvgIpc) is 2.67. The van der Waals surface area contributed by atoms with E-state index in [0.717, 1.165) is 20.5 Å². The minimum absolute atomic E-state index is 0.519.